The third-order valence-electron chi connectivity index (χ3n) is 3.24. The van der Waals surface area contributed by atoms with E-state index >= 15 is 0 Å². The minimum Gasteiger partial charge on any atom is -0.391 e. The number of likely N-dealkylation sites (tertiary alicyclic amines) is 1. The Labute approximate surface area is 101 Å². The Morgan fingerprint density at radius 3 is 2.75 bits per heavy atom. The maximum Gasteiger partial charge on any atom is 0.232 e. The zero-order valence-electron chi connectivity index (χ0n) is 9.52. The summed E-state index contributed by atoms with van der Waals surface area (Å²) in [6.45, 7) is 3.42. The molecule has 1 unspecified atom stereocenters. The molecule has 2 fully saturated rings. The molecule has 0 aromatic carbocycles. The maximum atomic E-state index is 11.8. The van der Waals surface area contributed by atoms with Gasteiger partial charge in [-0.15, -0.1) is 11.8 Å². The van der Waals surface area contributed by atoms with Crippen LogP contribution in [0, 0.1) is 0 Å². The van der Waals surface area contributed by atoms with Crippen LogP contribution in [0.25, 0.3) is 0 Å². The van der Waals surface area contributed by atoms with Crippen molar-refractivity contribution in [1.29, 1.82) is 0 Å². The number of β-amino-alcohol motifs (C(OH)–C–C–N with tert-alkyl or cyclic N) is 1. The van der Waals surface area contributed by atoms with E-state index in [1.807, 2.05) is 0 Å². The van der Waals surface area contributed by atoms with Crippen LogP contribution in [-0.2, 0) is 4.79 Å². The SMILES string of the molecule is O=C(CSC1CCNCC1)N1CCC(O)C1. The minimum absolute atomic E-state index is 0.195. The highest BCUT2D eigenvalue weighted by atomic mass is 32.2. The highest BCUT2D eigenvalue weighted by molar-refractivity contribution is 8.00. The molecule has 0 aromatic rings. The fourth-order valence-corrected chi connectivity index (χ4v) is 3.34. The average molecular weight is 244 g/mol. The Balaban J connectivity index is 1.67. The summed E-state index contributed by atoms with van der Waals surface area (Å²) < 4.78 is 0. The second-order valence-corrected chi connectivity index (χ2v) is 5.83. The fourth-order valence-electron chi connectivity index (χ4n) is 2.21. The molecule has 0 bridgehead atoms. The van der Waals surface area contributed by atoms with E-state index in [9.17, 15) is 9.90 Å². The summed E-state index contributed by atoms with van der Waals surface area (Å²) in [5.74, 6) is 0.775. The van der Waals surface area contributed by atoms with Crippen molar-refractivity contribution < 1.29 is 9.90 Å². The van der Waals surface area contributed by atoms with Crippen LogP contribution in [0.2, 0.25) is 0 Å². The first kappa shape index (κ1) is 12.2. The Morgan fingerprint density at radius 1 is 1.38 bits per heavy atom. The van der Waals surface area contributed by atoms with Crippen molar-refractivity contribution in [3.63, 3.8) is 0 Å². The lowest BCUT2D eigenvalue weighted by molar-refractivity contribution is -0.127. The third kappa shape index (κ3) is 3.37. The monoisotopic (exact) mass is 244 g/mol. The van der Waals surface area contributed by atoms with Crippen molar-refractivity contribution >= 4 is 17.7 Å². The van der Waals surface area contributed by atoms with Gasteiger partial charge >= 0.3 is 0 Å². The van der Waals surface area contributed by atoms with Gasteiger partial charge in [0.2, 0.25) is 5.91 Å². The summed E-state index contributed by atoms with van der Waals surface area (Å²) in [5.41, 5.74) is 0. The quantitative estimate of drug-likeness (QED) is 0.737. The van der Waals surface area contributed by atoms with E-state index in [-0.39, 0.29) is 12.0 Å². The normalized spacial score (nSPS) is 27.3. The molecule has 5 heteroatoms. The van der Waals surface area contributed by atoms with Gasteiger partial charge in [-0.05, 0) is 32.4 Å². The van der Waals surface area contributed by atoms with Crippen LogP contribution in [0.4, 0.5) is 0 Å². The predicted octanol–water partition coefficient (Wildman–Crippen LogP) is 0.0648. The number of thioether (sulfide) groups is 1. The number of hydrogen-bond acceptors (Lipinski definition) is 4. The number of amides is 1. The second kappa shape index (κ2) is 5.89. The molecule has 2 heterocycles. The van der Waals surface area contributed by atoms with Crippen molar-refractivity contribution in [2.45, 2.75) is 30.6 Å². The Morgan fingerprint density at radius 2 is 2.12 bits per heavy atom. The van der Waals surface area contributed by atoms with Crippen molar-refractivity contribution in [1.82, 2.24) is 10.2 Å². The Hall–Kier alpha value is -0.260. The van der Waals surface area contributed by atoms with E-state index in [4.69, 9.17) is 0 Å². The fraction of sp³-hybridized carbons (Fsp3) is 0.909. The molecule has 2 rings (SSSR count). The van der Waals surface area contributed by atoms with Gasteiger partial charge in [0.15, 0.2) is 0 Å². The summed E-state index contributed by atoms with van der Waals surface area (Å²) >= 11 is 1.78. The van der Waals surface area contributed by atoms with Gasteiger partial charge in [0.05, 0.1) is 11.9 Å². The van der Waals surface area contributed by atoms with Gasteiger partial charge in [0.25, 0.3) is 0 Å². The lowest BCUT2D eigenvalue weighted by Gasteiger charge is -2.23. The number of hydrogen-bond donors (Lipinski definition) is 2. The van der Waals surface area contributed by atoms with E-state index in [1.54, 1.807) is 16.7 Å². The molecule has 2 N–H and O–H groups in total. The number of aliphatic hydroxyl groups excluding tert-OH is 1. The first-order chi connectivity index (χ1) is 7.75. The second-order valence-electron chi connectivity index (χ2n) is 4.54. The Kier molecular flexibility index (Phi) is 4.49. The number of carbonyl (C=O) groups is 1. The summed E-state index contributed by atoms with van der Waals surface area (Å²) in [5, 5.41) is 13.3. The number of nitrogens with one attached hydrogen (secondary N) is 1. The van der Waals surface area contributed by atoms with Gasteiger partial charge in [0.1, 0.15) is 0 Å². The molecule has 2 aliphatic rings. The van der Waals surface area contributed by atoms with E-state index in [0.29, 0.717) is 17.5 Å². The van der Waals surface area contributed by atoms with Gasteiger partial charge in [0, 0.05) is 18.3 Å². The molecule has 0 aliphatic carbocycles. The van der Waals surface area contributed by atoms with E-state index < -0.39 is 0 Å². The van der Waals surface area contributed by atoms with Gasteiger partial charge in [-0.2, -0.15) is 0 Å². The van der Waals surface area contributed by atoms with Crippen LogP contribution >= 0.6 is 11.8 Å². The van der Waals surface area contributed by atoms with Gasteiger partial charge < -0.3 is 15.3 Å². The molecular weight excluding hydrogens is 224 g/mol. The summed E-state index contributed by atoms with van der Waals surface area (Å²) in [7, 11) is 0. The molecule has 1 atom stereocenters. The molecule has 0 radical (unpaired) electrons. The zero-order chi connectivity index (χ0) is 11.4. The third-order valence-corrected chi connectivity index (χ3v) is 4.60. The minimum atomic E-state index is -0.298. The number of aliphatic hydroxyl groups is 1. The average Bonchev–Trinajstić information content (AvgIpc) is 2.74. The first-order valence-electron chi connectivity index (χ1n) is 6.04. The van der Waals surface area contributed by atoms with E-state index in [0.717, 1.165) is 26.1 Å². The molecule has 4 nitrogen and oxygen atoms in total. The highest BCUT2D eigenvalue weighted by Gasteiger charge is 2.25. The van der Waals surface area contributed by atoms with Crippen LogP contribution in [-0.4, -0.2) is 59.2 Å². The summed E-state index contributed by atoms with van der Waals surface area (Å²) in [6.07, 6.45) is 2.78. The molecule has 2 saturated heterocycles. The van der Waals surface area contributed by atoms with Crippen LogP contribution in [0.1, 0.15) is 19.3 Å². The summed E-state index contributed by atoms with van der Waals surface area (Å²) in [6, 6.07) is 0. The van der Waals surface area contributed by atoms with Gasteiger partial charge in [-0.1, -0.05) is 0 Å². The molecule has 16 heavy (non-hydrogen) atoms. The van der Waals surface area contributed by atoms with Crippen molar-refractivity contribution in [2.75, 3.05) is 31.9 Å². The van der Waals surface area contributed by atoms with Crippen molar-refractivity contribution in [2.24, 2.45) is 0 Å². The lowest BCUT2D eigenvalue weighted by Crippen LogP contribution is -2.33. The molecule has 2 aliphatic heterocycles. The topological polar surface area (TPSA) is 52.6 Å². The molecule has 92 valence electrons. The first-order valence-corrected chi connectivity index (χ1v) is 7.09. The molecule has 0 aromatic heterocycles. The summed E-state index contributed by atoms with van der Waals surface area (Å²) in [4.78, 5) is 13.6. The molecule has 0 saturated carbocycles. The largest absolute Gasteiger partial charge is 0.391 e. The van der Waals surface area contributed by atoms with Crippen molar-refractivity contribution in [3.05, 3.63) is 0 Å². The molecule has 0 spiro atoms. The van der Waals surface area contributed by atoms with E-state index in [1.165, 1.54) is 12.8 Å². The van der Waals surface area contributed by atoms with Crippen LogP contribution < -0.4 is 5.32 Å². The van der Waals surface area contributed by atoms with E-state index in [2.05, 4.69) is 5.32 Å². The smallest absolute Gasteiger partial charge is 0.232 e. The predicted molar refractivity (Wildman–Crippen MR) is 65.6 cm³/mol. The van der Waals surface area contributed by atoms with Crippen LogP contribution in [0.5, 0.6) is 0 Å². The number of piperidine rings is 1. The maximum absolute atomic E-state index is 11.8. The van der Waals surface area contributed by atoms with Crippen LogP contribution in [0.3, 0.4) is 0 Å². The molecule has 1 amide bonds. The highest BCUT2D eigenvalue weighted by Crippen LogP contribution is 2.21. The number of carbonyl (C=O) groups excluding carboxylic acids is 1. The van der Waals surface area contributed by atoms with Crippen molar-refractivity contribution in [3.8, 4) is 0 Å². The van der Waals surface area contributed by atoms with Gasteiger partial charge in [-0.3, -0.25) is 4.79 Å². The standard InChI is InChI=1S/C11H20N2O2S/c14-9-3-6-13(7-9)11(15)8-16-10-1-4-12-5-2-10/h9-10,12,14H,1-8H2. The number of rotatable bonds is 3. The lowest BCUT2D eigenvalue weighted by atomic mass is 10.2. The van der Waals surface area contributed by atoms with Crippen LogP contribution in [0.15, 0.2) is 0 Å². The van der Waals surface area contributed by atoms with Gasteiger partial charge in [-0.25, -0.2) is 0 Å². The Bertz CT molecular complexity index is 244. The molecular formula is C11H20N2O2S. The number of nitrogens with zero attached hydrogens (tertiary/aromatic N) is 1. The zero-order valence-corrected chi connectivity index (χ0v) is 10.3.